The molecule has 1 heterocycles. The van der Waals surface area contributed by atoms with Gasteiger partial charge < -0.3 is 14.6 Å². The Labute approximate surface area is 85.7 Å². The molecule has 3 rings (SSSR count). The topological polar surface area (TPSA) is 55.8 Å². The summed E-state index contributed by atoms with van der Waals surface area (Å²) in [5.41, 5.74) is 1.96. The third-order valence-electron chi connectivity index (χ3n) is 2.53. The van der Waals surface area contributed by atoms with Gasteiger partial charge in [0.25, 0.3) is 0 Å². The molecular formula is C11H8O4. The number of benzene rings is 1. The summed E-state index contributed by atoms with van der Waals surface area (Å²) in [6, 6.07) is 3.55. The SMILES string of the molecule is O=C(O)C1=Cc2cc3c(cc21)OCCO3. The molecule has 0 radical (unpaired) electrons. The lowest BCUT2D eigenvalue weighted by Crippen LogP contribution is -2.17. The number of hydrogen-bond acceptors (Lipinski definition) is 3. The van der Waals surface area contributed by atoms with Crippen molar-refractivity contribution < 1.29 is 19.4 Å². The Balaban J connectivity index is 2.06. The molecule has 4 heteroatoms. The van der Waals surface area contributed by atoms with Gasteiger partial charge in [-0.25, -0.2) is 4.79 Å². The van der Waals surface area contributed by atoms with Gasteiger partial charge in [0, 0.05) is 5.56 Å². The van der Waals surface area contributed by atoms with Crippen LogP contribution in [-0.4, -0.2) is 24.3 Å². The molecule has 1 aromatic carbocycles. The summed E-state index contributed by atoms with van der Waals surface area (Å²) >= 11 is 0. The summed E-state index contributed by atoms with van der Waals surface area (Å²) < 4.78 is 10.8. The second kappa shape index (κ2) is 2.76. The largest absolute Gasteiger partial charge is 0.486 e. The van der Waals surface area contributed by atoms with Gasteiger partial charge in [-0.15, -0.1) is 0 Å². The van der Waals surface area contributed by atoms with Crippen molar-refractivity contribution in [2.45, 2.75) is 0 Å². The number of carbonyl (C=O) groups is 1. The standard InChI is InChI=1S/C11H8O4/c12-11(13)8-3-6-4-9-10(5-7(6)8)15-2-1-14-9/h3-5H,1-2H2,(H,12,13). The highest BCUT2D eigenvalue weighted by molar-refractivity contribution is 6.26. The van der Waals surface area contributed by atoms with Gasteiger partial charge in [-0.05, 0) is 23.8 Å². The maximum Gasteiger partial charge on any atom is 0.336 e. The number of rotatable bonds is 1. The second-order valence-electron chi connectivity index (χ2n) is 3.45. The van der Waals surface area contributed by atoms with Crippen molar-refractivity contribution in [3.05, 3.63) is 23.3 Å². The van der Waals surface area contributed by atoms with E-state index in [1.807, 2.05) is 6.07 Å². The Morgan fingerprint density at radius 2 is 1.87 bits per heavy atom. The normalized spacial score (nSPS) is 16.1. The minimum atomic E-state index is -0.904. The molecule has 2 aliphatic rings. The van der Waals surface area contributed by atoms with Crippen molar-refractivity contribution >= 4 is 17.6 Å². The number of aliphatic carboxylic acids is 1. The van der Waals surface area contributed by atoms with Crippen molar-refractivity contribution in [2.75, 3.05) is 13.2 Å². The molecule has 1 aliphatic carbocycles. The van der Waals surface area contributed by atoms with Crippen LogP contribution < -0.4 is 9.47 Å². The van der Waals surface area contributed by atoms with Crippen molar-refractivity contribution in [3.8, 4) is 11.5 Å². The van der Waals surface area contributed by atoms with Crippen LogP contribution in [-0.2, 0) is 4.79 Å². The molecule has 76 valence electrons. The zero-order chi connectivity index (χ0) is 10.4. The Morgan fingerprint density at radius 1 is 1.20 bits per heavy atom. The van der Waals surface area contributed by atoms with Crippen molar-refractivity contribution in [1.82, 2.24) is 0 Å². The van der Waals surface area contributed by atoms with Crippen LogP contribution in [0.5, 0.6) is 11.5 Å². The van der Waals surface area contributed by atoms with E-state index in [0.29, 0.717) is 30.3 Å². The number of carboxylic acids is 1. The molecule has 1 aromatic rings. The number of ether oxygens (including phenoxy) is 2. The predicted molar refractivity (Wildman–Crippen MR) is 52.9 cm³/mol. The molecule has 0 amide bonds. The molecular weight excluding hydrogens is 196 g/mol. The number of fused-ring (bicyclic) bond motifs is 2. The fourth-order valence-corrected chi connectivity index (χ4v) is 1.79. The van der Waals surface area contributed by atoms with E-state index >= 15 is 0 Å². The van der Waals surface area contributed by atoms with Crippen LogP contribution in [0.25, 0.3) is 11.6 Å². The molecule has 1 aliphatic heterocycles. The molecule has 0 fully saturated rings. The zero-order valence-corrected chi connectivity index (χ0v) is 7.82. The lowest BCUT2D eigenvalue weighted by molar-refractivity contribution is -0.130. The van der Waals surface area contributed by atoms with E-state index in [2.05, 4.69) is 0 Å². The van der Waals surface area contributed by atoms with E-state index in [9.17, 15) is 4.79 Å². The molecule has 0 saturated heterocycles. The molecule has 0 aromatic heterocycles. The minimum Gasteiger partial charge on any atom is -0.486 e. The Bertz CT molecular complexity index is 488. The fraction of sp³-hybridized carbons (Fsp3) is 0.182. The smallest absolute Gasteiger partial charge is 0.336 e. The van der Waals surface area contributed by atoms with E-state index < -0.39 is 5.97 Å². The lowest BCUT2D eigenvalue weighted by atomic mass is 9.88. The monoisotopic (exact) mass is 204 g/mol. The molecule has 1 N–H and O–H groups in total. The van der Waals surface area contributed by atoms with Crippen LogP contribution in [0.15, 0.2) is 12.1 Å². The third kappa shape index (κ3) is 1.11. The first-order chi connectivity index (χ1) is 7.25. The van der Waals surface area contributed by atoms with Crippen molar-refractivity contribution in [1.29, 1.82) is 0 Å². The summed E-state index contributed by atoms with van der Waals surface area (Å²) in [7, 11) is 0. The summed E-state index contributed by atoms with van der Waals surface area (Å²) in [4.78, 5) is 10.8. The maximum atomic E-state index is 10.8. The summed E-state index contributed by atoms with van der Waals surface area (Å²) in [6.45, 7) is 1.05. The van der Waals surface area contributed by atoms with Gasteiger partial charge in [-0.3, -0.25) is 0 Å². The van der Waals surface area contributed by atoms with Gasteiger partial charge in [0.15, 0.2) is 11.5 Å². The number of hydrogen-bond donors (Lipinski definition) is 1. The van der Waals surface area contributed by atoms with Gasteiger partial charge in [0.05, 0.1) is 5.57 Å². The molecule has 0 atom stereocenters. The third-order valence-corrected chi connectivity index (χ3v) is 2.53. The van der Waals surface area contributed by atoms with Gasteiger partial charge in [0.2, 0.25) is 0 Å². The summed E-state index contributed by atoms with van der Waals surface area (Å²) in [5.74, 6) is 0.423. The summed E-state index contributed by atoms with van der Waals surface area (Å²) in [6.07, 6.45) is 1.63. The van der Waals surface area contributed by atoms with E-state index in [1.165, 1.54) is 0 Å². The van der Waals surface area contributed by atoms with Gasteiger partial charge in [-0.1, -0.05) is 0 Å². The Morgan fingerprint density at radius 3 is 2.53 bits per heavy atom. The maximum absolute atomic E-state index is 10.8. The molecule has 0 saturated carbocycles. The van der Waals surface area contributed by atoms with Crippen molar-refractivity contribution in [2.24, 2.45) is 0 Å². The predicted octanol–water partition coefficient (Wildman–Crippen LogP) is 1.40. The molecule has 0 unspecified atom stereocenters. The van der Waals surface area contributed by atoms with Crippen LogP contribution in [0, 0.1) is 0 Å². The van der Waals surface area contributed by atoms with Crippen LogP contribution in [0.3, 0.4) is 0 Å². The van der Waals surface area contributed by atoms with Crippen molar-refractivity contribution in [3.63, 3.8) is 0 Å². The first kappa shape index (κ1) is 8.35. The molecule has 0 spiro atoms. The zero-order valence-electron chi connectivity index (χ0n) is 7.82. The van der Waals surface area contributed by atoms with Crippen LogP contribution in [0.1, 0.15) is 11.1 Å². The molecule has 15 heavy (non-hydrogen) atoms. The van der Waals surface area contributed by atoms with Crippen LogP contribution in [0.4, 0.5) is 0 Å². The molecule has 0 bridgehead atoms. The summed E-state index contributed by atoms with van der Waals surface area (Å²) in [5, 5.41) is 8.84. The highest BCUT2D eigenvalue weighted by Crippen LogP contribution is 2.41. The second-order valence-corrected chi connectivity index (χ2v) is 3.45. The van der Waals surface area contributed by atoms with Crippen LogP contribution in [0.2, 0.25) is 0 Å². The minimum absolute atomic E-state index is 0.335. The highest BCUT2D eigenvalue weighted by atomic mass is 16.6. The average molecular weight is 204 g/mol. The van der Waals surface area contributed by atoms with E-state index in [1.54, 1.807) is 12.1 Å². The lowest BCUT2D eigenvalue weighted by Gasteiger charge is -2.23. The Kier molecular flexibility index (Phi) is 1.54. The first-order valence-electron chi connectivity index (χ1n) is 4.65. The van der Waals surface area contributed by atoms with E-state index in [-0.39, 0.29) is 0 Å². The number of carboxylic acid groups (broad SMARTS) is 1. The van der Waals surface area contributed by atoms with Gasteiger partial charge >= 0.3 is 5.97 Å². The van der Waals surface area contributed by atoms with Gasteiger partial charge in [0.1, 0.15) is 13.2 Å². The van der Waals surface area contributed by atoms with E-state index in [4.69, 9.17) is 14.6 Å². The fourth-order valence-electron chi connectivity index (χ4n) is 1.79. The molecule has 4 nitrogen and oxygen atoms in total. The first-order valence-corrected chi connectivity index (χ1v) is 4.65. The van der Waals surface area contributed by atoms with E-state index in [0.717, 1.165) is 11.1 Å². The Hall–Kier alpha value is -1.97. The quantitative estimate of drug-likeness (QED) is 0.751. The van der Waals surface area contributed by atoms with Gasteiger partial charge in [-0.2, -0.15) is 0 Å². The average Bonchev–Trinajstić information content (AvgIpc) is 2.20. The highest BCUT2D eigenvalue weighted by Gasteiger charge is 2.25. The van der Waals surface area contributed by atoms with Crippen LogP contribution >= 0.6 is 0 Å².